The number of hydrogen-bond acceptors (Lipinski definition) is 3. The Hall–Kier alpha value is -1.20. The van der Waals surface area contributed by atoms with E-state index < -0.39 is 0 Å². The third kappa shape index (κ3) is 2.31. The Kier molecular flexibility index (Phi) is 3.07. The molecule has 1 amide bonds. The number of H-pyrrole nitrogens is 1. The van der Waals surface area contributed by atoms with Gasteiger partial charge < -0.3 is 10.3 Å². The maximum Gasteiger partial charge on any atom is 0.226 e. The molecule has 0 saturated carbocycles. The summed E-state index contributed by atoms with van der Waals surface area (Å²) in [6.45, 7) is 3.74. The van der Waals surface area contributed by atoms with Gasteiger partial charge in [0.1, 0.15) is 0 Å². The van der Waals surface area contributed by atoms with Gasteiger partial charge in [0.2, 0.25) is 5.91 Å². The van der Waals surface area contributed by atoms with Crippen LogP contribution in [0.4, 0.5) is 5.69 Å². The van der Waals surface area contributed by atoms with Gasteiger partial charge in [-0.15, -0.1) is 11.3 Å². The summed E-state index contributed by atoms with van der Waals surface area (Å²) in [5, 5.41) is 2.86. The fraction of sp³-hybridized carbons (Fsp3) is 0.273. The van der Waals surface area contributed by atoms with Crippen molar-refractivity contribution in [2.45, 2.75) is 13.8 Å². The van der Waals surface area contributed by atoms with Crippen LogP contribution in [0.15, 0.2) is 18.2 Å². The molecular formula is C11H12N2OS2. The van der Waals surface area contributed by atoms with E-state index in [1.165, 1.54) is 11.3 Å². The smallest absolute Gasteiger partial charge is 0.226 e. The van der Waals surface area contributed by atoms with Crippen molar-refractivity contribution in [1.29, 1.82) is 0 Å². The van der Waals surface area contributed by atoms with E-state index in [9.17, 15) is 4.79 Å². The van der Waals surface area contributed by atoms with Crippen LogP contribution in [0.25, 0.3) is 10.2 Å². The Bertz CT molecular complexity index is 583. The zero-order chi connectivity index (χ0) is 11.7. The number of amides is 1. The second kappa shape index (κ2) is 4.35. The molecule has 1 heterocycles. The molecule has 1 aromatic heterocycles. The monoisotopic (exact) mass is 252 g/mol. The Morgan fingerprint density at radius 2 is 2.25 bits per heavy atom. The number of hydrogen-bond donors (Lipinski definition) is 2. The zero-order valence-corrected chi connectivity index (χ0v) is 10.7. The molecule has 0 aliphatic heterocycles. The predicted molar refractivity (Wildman–Crippen MR) is 70.5 cm³/mol. The average Bonchev–Trinajstić information content (AvgIpc) is 2.57. The van der Waals surface area contributed by atoms with E-state index in [1.54, 1.807) is 0 Å². The fourth-order valence-electron chi connectivity index (χ4n) is 1.31. The van der Waals surface area contributed by atoms with E-state index in [1.807, 2.05) is 32.0 Å². The molecule has 84 valence electrons. The van der Waals surface area contributed by atoms with Crippen molar-refractivity contribution in [1.82, 2.24) is 4.98 Å². The highest BCUT2D eigenvalue weighted by molar-refractivity contribution is 7.73. The summed E-state index contributed by atoms with van der Waals surface area (Å²) in [7, 11) is 0. The van der Waals surface area contributed by atoms with E-state index in [4.69, 9.17) is 12.2 Å². The highest BCUT2D eigenvalue weighted by Crippen LogP contribution is 2.23. The summed E-state index contributed by atoms with van der Waals surface area (Å²) in [6, 6.07) is 5.74. The largest absolute Gasteiger partial charge is 0.337 e. The third-order valence-corrected chi connectivity index (χ3v) is 3.41. The summed E-state index contributed by atoms with van der Waals surface area (Å²) in [4.78, 5) is 14.6. The van der Waals surface area contributed by atoms with E-state index in [0.29, 0.717) is 0 Å². The predicted octanol–water partition coefficient (Wildman–Crippen LogP) is 3.55. The van der Waals surface area contributed by atoms with Gasteiger partial charge in [-0.3, -0.25) is 4.79 Å². The number of thiazole rings is 1. The molecule has 0 bridgehead atoms. The lowest BCUT2D eigenvalue weighted by atomic mass is 10.2. The van der Waals surface area contributed by atoms with Crippen LogP contribution in [-0.2, 0) is 4.79 Å². The Morgan fingerprint density at radius 1 is 1.50 bits per heavy atom. The normalized spacial score (nSPS) is 10.9. The van der Waals surface area contributed by atoms with Crippen molar-refractivity contribution < 1.29 is 4.79 Å². The van der Waals surface area contributed by atoms with Gasteiger partial charge in [-0.1, -0.05) is 13.8 Å². The van der Waals surface area contributed by atoms with Crippen molar-refractivity contribution in [3.05, 3.63) is 22.2 Å². The molecular weight excluding hydrogens is 240 g/mol. The number of fused-ring (bicyclic) bond motifs is 1. The van der Waals surface area contributed by atoms with Gasteiger partial charge >= 0.3 is 0 Å². The van der Waals surface area contributed by atoms with Gasteiger partial charge in [-0.25, -0.2) is 0 Å². The Labute approximate surface area is 103 Å². The molecule has 5 heteroatoms. The van der Waals surface area contributed by atoms with Gasteiger partial charge in [0.05, 0.1) is 10.2 Å². The number of carbonyl (C=O) groups excluding carboxylic acids is 1. The first-order chi connectivity index (χ1) is 7.56. The minimum absolute atomic E-state index is 0.0138. The maximum absolute atomic E-state index is 11.5. The molecule has 0 aliphatic rings. The van der Waals surface area contributed by atoms with Gasteiger partial charge in [-0.05, 0) is 30.4 Å². The maximum atomic E-state index is 11.5. The van der Waals surface area contributed by atoms with Gasteiger partial charge in [0.25, 0.3) is 0 Å². The highest BCUT2D eigenvalue weighted by Gasteiger charge is 2.07. The lowest BCUT2D eigenvalue weighted by molar-refractivity contribution is -0.118. The number of aromatic nitrogens is 1. The van der Waals surface area contributed by atoms with Crippen molar-refractivity contribution in [3.63, 3.8) is 0 Å². The lowest BCUT2D eigenvalue weighted by Crippen LogP contribution is -2.17. The Balaban J connectivity index is 2.32. The summed E-state index contributed by atoms with van der Waals surface area (Å²) in [6.07, 6.45) is 0. The molecule has 2 N–H and O–H groups in total. The molecule has 3 nitrogen and oxygen atoms in total. The summed E-state index contributed by atoms with van der Waals surface area (Å²) < 4.78 is 1.81. The number of rotatable bonds is 2. The molecule has 0 saturated heterocycles. The number of nitrogens with one attached hydrogen (secondary N) is 2. The van der Waals surface area contributed by atoms with Crippen LogP contribution in [-0.4, -0.2) is 10.9 Å². The number of benzene rings is 1. The van der Waals surface area contributed by atoms with Crippen molar-refractivity contribution in [3.8, 4) is 0 Å². The van der Waals surface area contributed by atoms with E-state index >= 15 is 0 Å². The molecule has 0 spiro atoms. The second-order valence-corrected chi connectivity index (χ2v) is 5.59. The summed E-state index contributed by atoms with van der Waals surface area (Å²) in [5.74, 6) is 0.0126. The lowest BCUT2D eigenvalue weighted by Gasteiger charge is -2.07. The first-order valence-corrected chi connectivity index (χ1v) is 6.22. The van der Waals surface area contributed by atoms with E-state index in [0.717, 1.165) is 19.9 Å². The average molecular weight is 252 g/mol. The van der Waals surface area contributed by atoms with Crippen LogP contribution in [0.1, 0.15) is 13.8 Å². The topological polar surface area (TPSA) is 44.9 Å². The fourth-order valence-corrected chi connectivity index (χ4v) is 2.46. The van der Waals surface area contributed by atoms with E-state index in [2.05, 4.69) is 10.3 Å². The zero-order valence-electron chi connectivity index (χ0n) is 9.03. The van der Waals surface area contributed by atoms with Crippen molar-refractivity contribution >= 4 is 45.4 Å². The summed E-state index contributed by atoms with van der Waals surface area (Å²) >= 11 is 6.57. The minimum Gasteiger partial charge on any atom is -0.337 e. The van der Waals surface area contributed by atoms with Crippen molar-refractivity contribution in [2.75, 3.05) is 5.32 Å². The third-order valence-electron chi connectivity index (χ3n) is 2.21. The molecule has 2 rings (SSSR count). The van der Waals surface area contributed by atoms with Crippen LogP contribution in [0.5, 0.6) is 0 Å². The molecule has 0 fully saturated rings. The standard InChI is InChI=1S/C11H12N2OS2/c1-6(2)10(14)12-7-3-4-8-9(5-7)16-11(15)13-8/h3-6H,1-2H3,(H,12,14)(H,13,15). The van der Waals surface area contributed by atoms with Gasteiger partial charge in [-0.2, -0.15) is 0 Å². The van der Waals surface area contributed by atoms with Crippen LogP contribution in [0, 0.1) is 9.87 Å². The second-order valence-electron chi connectivity index (χ2n) is 3.87. The van der Waals surface area contributed by atoms with Crippen LogP contribution >= 0.6 is 23.6 Å². The first kappa shape index (κ1) is 11.3. The minimum atomic E-state index is -0.0138. The van der Waals surface area contributed by atoms with Crippen LogP contribution in [0.3, 0.4) is 0 Å². The summed E-state index contributed by atoms with van der Waals surface area (Å²) in [5.41, 5.74) is 1.83. The molecule has 0 aliphatic carbocycles. The highest BCUT2D eigenvalue weighted by atomic mass is 32.1. The molecule has 0 radical (unpaired) electrons. The van der Waals surface area contributed by atoms with Crippen LogP contribution < -0.4 is 5.32 Å². The molecule has 0 atom stereocenters. The number of anilines is 1. The number of carbonyl (C=O) groups is 1. The van der Waals surface area contributed by atoms with Gasteiger partial charge in [0.15, 0.2) is 3.95 Å². The van der Waals surface area contributed by atoms with Gasteiger partial charge in [0, 0.05) is 11.6 Å². The quantitative estimate of drug-likeness (QED) is 0.803. The SMILES string of the molecule is CC(C)C(=O)Nc1ccc2[nH]c(=S)sc2c1. The molecule has 2 aromatic rings. The first-order valence-electron chi connectivity index (χ1n) is 5.00. The molecule has 0 unspecified atom stereocenters. The molecule has 1 aromatic carbocycles. The van der Waals surface area contributed by atoms with E-state index in [-0.39, 0.29) is 11.8 Å². The van der Waals surface area contributed by atoms with Crippen LogP contribution in [0.2, 0.25) is 0 Å². The number of aromatic amines is 1. The van der Waals surface area contributed by atoms with Crippen molar-refractivity contribution in [2.24, 2.45) is 5.92 Å². The molecule has 16 heavy (non-hydrogen) atoms. The Morgan fingerprint density at radius 3 is 2.94 bits per heavy atom.